The highest BCUT2D eigenvalue weighted by atomic mass is 16.5. The summed E-state index contributed by atoms with van der Waals surface area (Å²) in [5.74, 6) is 0.603. The Morgan fingerprint density at radius 1 is 1.44 bits per heavy atom. The summed E-state index contributed by atoms with van der Waals surface area (Å²) < 4.78 is 5.50. The van der Waals surface area contributed by atoms with E-state index in [0.29, 0.717) is 17.9 Å². The molecule has 1 aromatic rings. The van der Waals surface area contributed by atoms with Crippen LogP contribution in [0.3, 0.4) is 0 Å². The van der Waals surface area contributed by atoms with Crippen molar-refractivity contribution < 1.29 is 9.53 Å². The van der Waals surface area contributed by atoms with Crippen LogP contribution in [-0.4, -0.2) is 19.6 Å². The molecule has 0 unspecified atom stereocenters. The third kappa shape index (κ3) is 3.77. The van der Waals surface area contributed by atoms with Crippen LogP contribution >= 0.6 is 0 Å². The van der Waals surface area contributed by atoms with Gasteiger partial charge in [0, 0.05) is 12.6 Å². The largest absolute Gasteiger partial charge is 0.490 e. The summed E-state index contributed by atoms with van der Waals surface area (Å²) in [7, 11) is 1.61. The van der Waals surface area contributed by atoms with Gasteiger partial charge in [0.1, 0.15) is 12.4 Å². The lowest BCUT2D eigenvalue weighted by atomic mass is 10.2. The predicted molar refractivity (Wildman–Crippen MR) is 64.8 cm³/mol. The van der Waals surface area contributed by atoms with Crippen LogP contribution in [0.1, 0.15) is 24.2 Å². The number of amides is 1. The van der Waals surface area contributed by atoms with Crippen LogP contribution < -0.4 is 10.1 Å². The molecule has 1 rings (SSSR count). The zero-order valence-corrected chi connectivity index (χ0v) is 9.91. The van der Waals surface area contributed by atoms with E-state index in [2.05, 4.69) is 5.32 Å². The van der Waals surface area contributed by atoms with Crippen LogP contribution in [0.25, 0.3) is 0 Å². The molecule has 0 aliphatic heterocycles. The molecular weight excluding hydrogens is 202 g/mol. The number of carbonyl (C=O) groups is 1. The number of ether oxygens (including phenoxy) is 1. The Bertz CT molecular complexity index is 393. The Labute approximate surface area is 96.1 Å². The highest BCUT2D eigenvalue weighted by molar-refractivity contribution is 5.94. The van der Waals surface area contributed by atoms with Crippen LogP contribution in [0.4, 0.5) is 0 Å². The van der Waals surface area contributed by atoms with E-state index in [1.54, 1.807) is 19.2 Å². The SMILES string of the molecule is CNC(=O)c1cccc(OCC=C(C)C)c1. The normalized spacial score (nSPS) is 9.44. The third-order valence-corrected chi connectivity index (χ3v) is 2.06. The lowest BCUT2D eigenvalue weighted by Crippen LogP contribution is -2.17. The molecule has 0 atom stereocenters. The van der Waals surface area contributed by atoms with Gasteiger partial charge in [-0.1, -0.05) is 11.6 Å². The topological polar surface area (TPSA) is 38.3 Å². The molecule has 0 fully saturated rings. The minimum atomic E-state index is -0.104. The number of allylic oxidation sites excluding steroid dienone is 1. The van der Waals surface area contributed by atoms with Crippen molar-refractivity contribution in [3.63, 3.8) is 0 Å². The van der Waals surface area contributed by atoms with Gasteiger partial charge in [-0.05, 0) is 38.1 Å². The third-order valence-electron chi connectivity index (χ3n) is 2.06. The molecule has 0 saturated heterocycles. The molecule has 0 saturated carbocycles. The zero-order chi connectivity index (χ0) is 12.0. The smallest absolute Gasteiger partial charge is 0.251 e. The standard InChI is InChI=1S/C13H17NO2/c1-10(2)7-8-16-12-6-4-5-11(9-12)13(15)14-3/h4-7,9H,8H2,1-3H3,(H,14,15). The van der Waals surface area contributed by atoms with Crippen molar-refractivity contribution in [1.82, 2.24) is 5.32 Å². The second-order valence-electron chi connectivity index (χ2n) is 3.70. The van der Waals surface area contributed by atoms with E-state index in [-0.39, 0.29) is 5.91 Å². The number of hydrogen-bond donors (Lipinski definition) is 1. The maximum atomic E-state index is 11.4. The van der Waals surface area contributed by atoms with Crippen molar-refractivity contribution in [1.29, 1.82) is 0 Å². The van der Waals surface area contributed by atoms with Crippen LogP contribution in [0.15, 0.2) is 35.9 Å². The number of benzene rings is 1. The Hall–Kier alpha value is -1.77. The molecule has 0 spiro atoms. The van der Waals surface area contributed by atoms with Crippen molar-refractivity contribution >= 4 is 5.91 Å². The Balaban J connectivity index is 2.68. The molecule has 3 nitrogen and oxygen atoms in total. The molecular formula is C13H17NO2. The monoisotopic (exact) mass is 219 g/mol. The minimum Gasteiger partial charge on any atom is -0.490 e. The van der Waals surface area contributed by atoms with Crippen molar-refractivity contribution in [3.05, 3.63) is 41.5 Å². The minimum absolute atomic E-state index is 0.104. The molecule has 0 aliphatic carbocycles. The van der Waals surface area contributed by atoms with Crippen molar-refractivity contribution in [3.8, 4) is 5.75 Å². The van der Waals surface area contributed by atoms with Gasteiger partial charge in [-0.2, -0.15) is 0 Å². The van der Waals surface area contributed by atoms with Gasteiger partial charge in [-0.15, -0.1) is 0 Å². The van der Waals surface area contributed by atoms with E-state index >= 15 is 0 Å². The van der Waals surface area contributed by atoms with Crippen LogP contribution in [0, 0.1) is 0 Å². The number of hydrogen-bond acceptors (Lipinski definition) is 2. The molecule has 3 heteroatoms. The number of nitrogens with one attached hydrogen (secondary N) is 1. The molecule has 86 valence electrons. The summed E-state index contributed by atoms with van der Waals surface area (Å²) in [6, 6.07) is 7.14. The van der Waals surface area contributed by atoms with Crippen molar-refractivity contribution in [2.45, 2.75) is 13.8 Å². The fourth-order valence-electron chi connectivity index (χ4n) is 1.18. The summed E-state index contributed by atoms with van der Waals surface area (Å²) in [6.07, 6.45) is 1.99. The second kappa shape index (κ2) is 5.95. The van der Waals surface area contributed by atoms with Gasteiger partial charge in [0.15, 0.2) is 0 Å². The number of carbonyl (C=O) groups excluding carboxylic acids is 1. The van der Waals surface area contributed by atoms with Crippen LogP contribution in [0.5, 0.6) is 5.75 Å². The van der Waals surface area contributed by atoms with Crippen molar-refractivity contribution in [2.75, 3.05) is 13.7 Å². The second-order valence-corrected chi connectivity index (χ2v) is 3.70. The zero-order valence-electron chi connectivity index (χ0n) is 9.91. The highest BCUT2D eigenvalue weighted by Gasteiger charge is 2.03. The summed E-state index contributed by atoms with van der Waals surface area (Å²) in [6.45, 7) is 4.56. The molecule has 1 aromatic carbocycles. The lowest BCUT2D eigenvalue weighted by Gasteiger charge is -2.05. The Morgan fingerprint density at radius 2 is 2.19 bits per heavy atom. The lowest BCUT2D eigenvalue weighted by molar-refractivity contribution is 0.0962. The molecule has 0 radical (unpaired) electrons. The van der Waals surface area contributed by atoms with Gasteiger partial charge in [0.25, 0.3) is 5.91 Å². The fourth-order valence-corrected chi connectivity index (χ4v) is 1.18. The summed E-state index contributed by atoms with van der Waals surface area (Å²) in [5.41, 5.74) is 1.82. The first-order valence-corrected chi connectivity index (χ1v) is 5.22. The Kier molecular flexibility index (Phi) is 4.58. The first-order chi connectivity index (χ1) is 7.63. The average molecular weight is 219 g/mol. The molecule has 0 aliphatic rings. The first-order valence-electron chi connectivity index (χ1n) is 5.22. The molecule has 0 heterocycles. The predicted octanol–water partition coefficient (Wildman–Crippen LogP) is 2.39. The van der Waals surface area contributed by atoms with E-state index in [4.69, 9.17) is 4.74 Å². The van der Waals surface area contributed by atoms with Gasteiger partial charge in [-0.3, -0.25) is 4.79 Å². The van der Waals surface area contributed by atoms with Crippen LogP contribution in [0.2, 0.25) is 0 Å². The molecule has 16 heavy (non-hydrogen) atoms. The average Bonchev–Trinajstić information content (AvgIpc) is 2.28. The Morgan fingerprint density at radius 3 is 2.81 bits per heavy atom. The van der Waals surface area contributed by atoms with E-state index in [0.717, 1.165) is 0 Å². The van der Waals surface area contributed by atoms with Gasteiger partial charge in [-0.25, -0.2) is 0 Å². The van der Waals surface area contributed by atoms with Crippen LogP contribution in [-0.2, 0) is 0 Å². The van der Waals surface area contributed by atoms with Crippen molar-refractivity contribution in [2.24, 2.45) is 0 Å². The van der Waals surface area contributed by atoms with Gasteiger partial charge in [0.2, 0.25) is 0 Å². The van der Waals surface area contributed by atoms with E-state index in [9.17, 15) is 4.79 Å². The van der Waals surface area contributed by atoms with Gasteiger partial charge >= 0.3 is 0 Å². The maximum absolute atomic E-state index is 11.4. The first kappa shape index (κ1) is 12.3. The molecule has 0 aromatic heterocycles. The van der Waals surface area contributed by atoms with Gasteiger partial charge in [0.05, 0.1) is 0 Å². The maximum Gasteiger partial charge on any atom is 0.251 e. The fraction of sp³-hybridized carbons (Fsp3) is 0.308. The van der Waals surface area contributed by atoms with Gasteiger partial charge < -0.3 is 10.1 Å². The van der Waals surface area contributed by atoms with E-state index in [1.165, 1.54) is 5.57 Å². The summed E-state index contributed by atoms with van der Waals surface area (Å²) >= 11 is 0. The number of rotatable bonds is 4. The molecule has 1 amide bonds. The highest BCUT2D eigenvalue weighted by Crippen LogP contribution is 2.13. The molecule has 0 bridgehead atoms. The van der Waals surface area contributed by atoms with E-state index < -0.39 is 0 Å². The molecule has 1 N–H and O–H groups in total. The van der Waals surface area contributed by atoms with E-state index in [1.807, 2.05) is 32.1 Å². The quantitative estimate of drug-likeness (QED) is 0.790. The summed E-state index contributed by atoms with van der Waals surface area (Å²) in [5, 5.41) is 2.58. The summed E-state index contributed by atoms with van der Waals surface area (Å²) in [4.78, 5) is 11.4.